The zero-order valence-corrected chi connectivity index (χ0v) is 20.6. The Morgan fingerprint density at radius 2 is 1.94 bits per heavy atom. The molecule has 4 heterocycles. The quantitative estimate of drug-likeness (QED) is 0.490. The maximum absolute atomic E-state index is 13.6. The molecule has 0 aromatic carbocycles. The Hall–Kier alpha value is -2.23. The first kappa shape index (κ1) is 22.9. The highest BCUT2D eigenvalue weighted by molar-refractivity contribution is 8.26. The summed E-state index contributed by atoms with van der Waals surface area (Å²) in [4.78, 5) is 38.3. The summed E-state index contributed by atoms with van der Waals surface area (Å²) in [5, 5.41) is 0. The summed E-state index contributed by atoms with van der Waals surface area (Å²) >= 11 is 6.74. The first-order valence-electron chi connectivity index (χ1n) is 11.1. The lowest BCUT2D eigenvalue weighted by Gasteiger charge is -2.35. The number of rotatable bonds is 5. The van der Waals surface area contributed by atoms with E-state index in [1.165, 1.54) is 11.8 Å². The fourth-order valence-corrected chi connectivity index (χ4v) is 5.56. The third-order valence-electron chi connectivity index (χ3n) is 6.31. The van der Waals surface area contributed by atoms with Gasteiger partial charge in [-0.1, -0.05) is 43.9 Å². The van der Waals surface area contributed by atoms with Crippen molar-refractivity contribution in [3.8, 4) is 0 Å². The van der Waals surface area contributed by atoms with Crippen LogP contribution in [0.15, 0.2) is 28.0 Å². The van der Waals surface area contributed by atoms with Gasteiger partial charge in [-0.05, 0) is 44.5 Å². The van der Waals surface area contributed by atoms with E-state index in [0.717, 1.165) is 44.7 Å². The summed E-state index contributed by atoms with van der Waals surface area (Å²) in [7, 11) is 0. The van der Waals surface area contributed by atoms with Crippen LogP contribution in [0.25, 0.3) is 11.7 Å². The van der Waals surface area contributed by atoms with Gasteiger partial charge in [0.25, 0.3) is 11.5 Å². The average Bonchev–Trinajstić information content (AvgIpc) is 3.08. The molecule has 0 radical (unpaired) electrons. The summed E-state index contributed by atoms with van der Waals surface area (Å²) in [6.07, 6.45) is 4.25. The minimum atomic E-state index is -0.166. The molecule has 1 atom stereocenters. The highest BCUT2D eigenvalue weighted by Crippen LogP contribution is 2.35. The van der Waals surface area contributed by atoms with Gasteiger partial charge in [0.05, 0.1) is 10.5 Å². The highest BCUT2D eigenvalue weighted by atomic mass is 32.2. The van der Waals surface area contributed by atoms with E-state index in [-0.39, 0.29) is 17.5 Å². The molecule has 2 aliphatic rings. The smallest absolute Gasteiger partial charge is 0.267 e. The van der Waals surface area contributed by atoms with Gasteiger partial charge >= 0.3 is 0 Å². The Bertz CT molecular complexity index is 1150. The summed E-state index contributed by atoms with van der Waals surface area (Å²) < 4.78 is 2.11. The number of pyridine rings is 1. The second-order valence-corrected chi connectivity index (χ2v) is 9.95. The first-order chi connectivity index (χ1) is 15.3. The zero-order chi connectivity index (χ0) is 23.0. The normalized spacial score (nSPS) is 20.1. The monoisotopic (exact) mass is 471 g/mol. The Morgan fingerprint density at radius 3 is 2.59 bits per heavy atom. The van der Waals surface area contributed by atoms with Gasteiger partial charge in [0.2, 0.25) is 0 Å². The summed E-state index contributed by atoms with van der Waals surface area (Å²) in [6.45, 7) is 12.5. The van der Waals surface area contributed by atoms with Gasteiger partial charge in [-0.15, -0.1) is 0 Å². The predicted molar refractivity (Wildman–Crippen MR) is 135 cm³/mol. The van der Waals surface area contributed by atoms with E-state index in [2.05, 4.69) is 16.7 Å². The third kappa shape index (κ3) is 4.09. The van der Waals surface area contributed by atoms with Crippen molar-refractivity contribution in [1.82, 2.24) is 19.2 Å². The van der Waals surface area contributed by atoms with Crippen LogP contribution in [-0.4, -0.2) is 68.2 Å². The van der Waals surface area contributed by atoms with Gasteiger partial charge in [0.1, 0.15) is 15.8 Å². The highest BCUT2D eigenvalue weighted by Gasteiger charge is 2.35. The first-order valence-corrected chi connectivity index (χ1v) is 12.3. The topological polar surface area (TPSA) is 61.2 Å². The Labute approximate surface area is 198 Å². The number of carbonyl (C=O) groups is 1. The van der Waals surface area contributed by atoms with Crippen LogP contribution in [0.1, 0.15) is 38.3 Å². The van der Waals surface area contributed by atoms with Crippen LogP contribution >= 0.6 is 24.0 Å². The summed E-state index contributed by atoms with van der Waals surface area (Å²) in [5.74, 6) is 0.513. The van der Waals surface area contributed by atoms with Crippen LogP contribution in [0.2, 0.25) is 0 Å². The molecule has 2 aromatic rings. The van der Waals surface area contributed by atoms with E-state index in [9.17, 15) is 9.59 Å². The number of fused-ring (bicyclic) bond motifs is 1. The Morgan fingerprint density at radius 1 is 1.22 bits per heavy atom. The summed E-state index contributed by atoms with van der Waals surface area (Å²) in [5.41, 5.74) is 1.87. The SMILES string of the molecule is CCC(C)N1C(=O)C(=Cc2c(N3CCN(CC)CC3)nc3c(C)cccn3c2=O)SC1=S. The van der Waals surface area contributed by atoms with E-state index >= 15 is 0 Å². The van der Waals surface area contributed by atoms with E-state index in [1.807, 2.05) is 32.9 Å². The van der Waals surface area contributed by atoms with Crippen LogP contribution in [0.5, 0.6) is 0 Å². The van der Waals surface area contributed by atoms with Gasteiger partial charge < -0.3 is 9.80 Å². The van der Waals surface area contributed by atoms with E-state index in [0.29, 0.717) is 26.3 Å². The molecule has 2 saturated heterocycles. The maximum atomic E-state index is 13.6. The molecule has 1 amide bonds. The molecular weight excluding hydrogens is 442 g/mol. The van der Waals surface area contributed by atoms with E-state index in [4.69, 9.17) is 17.2 Å². The van der Waals surface area contributed by atoms with Crippen LogP contribution in [0.4, 0.5) is 5.82 Å². The molecule has 9 heteroatoms. The Kier molecular flexibility index (Phi) is 6.69. The van der Waals surface area contributed by atoms with Gasteiger partial charge in [-0.2, -0.15) is 0 Å². The lowest BCUT2D eigenvalue weighted by Crippen LogP contribution is -2.47. The van der Waals surface area contributed by atoms with Crippen molar-refractivity contribution in [2.75, 3.05) is 37.6 Å². The number of likely N-dealkylation sites (N-methyl/N-ethyl adjacent to an activating group) is 1. The van der Waals surface area contributed by atoms with Crippen molar-refractivity contribution < 1.29 is 4.79 Å². The number of thiocarbonyl (C=S) groups is 1. The predicted octanol–water partition coefficient (Wildman–Crippen LogP) is 3.14. The second-order valence-electron chi connectivity index (χ2n) is 8.27. The standard InChI is InChI=1S/C23H29N5O2S2/c1-5-16(4)28-22(30)18(32-23(28)31)14-17-20(26-12-10-25(6-2)11-13-26)24-19-15(3)8-7-9-27(19)21(17)29/h7-9,14,16H,5-6,10-13H2,1-4H3. The number of nitrogens with zero attached hydrogens (tertiary/aromatic N) is 5. The van der Waals surface area contributed by atoms with Crippen molar-refractivity contribution in [3.05, 3.63) is 44.7 Å². The maximum Gasteiger partial charge on any atom is 0.267 e. The minimum absolute atomic E-state index is 0.0217. The van der Waals surface area contributed by atoms with Crippen LogP contribution in [0.3, 0.4) is 0 Å². The summed E-state index contributed by atoms with van der Waals surface area (Å²) in [6, 6.07) is 3.82. The number of amides is 1. The molecule has 32 heavy (non-hydrogen) atoms. The number of anilines is 1. The molecule has 170 valence electrons. The fraction of sp³-hybridized carbons (Fsp3) is 0.478. The van der Waals surface area contributed by atoms with Gasteiger partial charge in [0, 0.05) is 38.4 Å². The minimum Gasteiger partial charge on any atom is -0.353 e. The van der Waals surface area contributed by atoms with Gasteiger partial charge in [0.15, 0.2) is 0 Å². The number of aromatic nitrogens is 2. The van der Waals surface area contributed by atoms with Crippen molar-refractivity contribution in [2.45, 2.75) is 40.2 Å². The molecule has 4 rings (SSSR count). The molecule has 1 unspecified atom stereocenters. The molecule has 0 spiro atoms. The average molecular weight is 472 g/mol. The molecular formula is C23H29N5O2S2. The molecule has 2 fully saturated rings. The third-order valence-corrected chi connectivity index (χ3v) is 7.64. The van der Waals surface area contributed by atoms with Crippen molar-refractivity contribution in [1.29, 1.82) is 0 Å². The number of hydrogen-bond donors (Lipinski definition) is 0. The van der Waals surface area contributed by atoms with Crippen LogP contribution < -0.4 is 10.5 Å². The Balaban J connectivity index is 1.84. The molecule has 2 aliphatic heterocycles. The molecule has 7 nitrogen and oxygen atoms in total. The van der Waals surface area contributed by atoms with E-state index < -0.39 is 0 Å². The second kappa shape index (κ2) is 9.33. The van der Waals surface area contributed by atoms with Crippen molar-refractivity contribution in [2.24, 2.45) is 0 Å². The van der Waals surface area contributed by atoms with Crippen molar-refractivity contribution in [3.63, 3.8) is 0 Å². The fourth-order valence-electron chi connectivity index (χ4n) is 4.12. The number of carbonyl (C=O) groups excluding carboxylic acids is 1. The number of thioether (sulfide) groups is 1. The van der Waals surface area contributed by atoms with Gasteiger partial charge in [-0.25, -0.2) is 4.98 Å². The van der Waals surface area contributed by atoms with E-state index in [1.54, 1.807) is 21.6 Å². The van der Waals surface area contributed by atoms with Crippen LogP contribution in [-0.2, 0) is 4.79 Å². The van der Waals surface area contributed by atoms with Gasteiger partial charge in [-0.3, -0.25) is 18.9 Å². The van der Waals surface area contributed by atoms with Crippen LogP contribution in [0, 0.1) is 6.92 Å². The largest absolute Gasteiger partial charge is 0.353 e. The molecule has 0 bridgehead atoms. The molecule has 0 saturated carbocycles. The lowest BCUT2D eigenvalue weighted by atomic mass is 10.2. The number of piperazine rings is 1. The molecule has 2 aromatic heterocycles. The van der Waals surface area contributed by atoms with Crippen molar-refractivity contribution >= 4 is 51.7 Å². The number of aryl methyl sites for hydroxylation is 1. The zero-order valence-electron chi connectivity index (χ0n) is 19.0. The molecule has 0 N–H and O–H groups in total. The number of hydrogen-bond acceptors (Lipinski definition) is 7. The molecule has 0 aliphatic carbocycles. The lowest BCUT2D eigenvalue weighted by molar-refractivity contribution is -0.123.